The summed E-state index contributed by atoms with van der Waals surface area (Å²) in [6.07, 6.45) is 0.855. The molecule has 1 aliphatic heterocycles. The maximum atomic E-state index is 12.4. The molecule has 0 unspecified atom stereocenters. The van der Waals surface area contributed by atoms with Crippen LogP contribution in [0.2, 0.25) is 0 Å². The summed E-state index contributed by atoms with van der Waals surface area (Å²) in [6.45, 7) is 7.63. The number of amides is 1. The third-order valence-corrected chi connectivity index (χ3v) is 5.14. The number of carbonyl (C=O) groups excluding carboxylic acids is 1. The van der Waals surface area contributed by atoms with Gasteiger partial charge < -0.3 is 14.3 Å². The Morgan fingerprint density at radius 1 is 1.14 bits per heavy atom. The highest BCUT2D eigenvalue weighted by atomic mass is 16.3. The molecular weight excluding hydrogens is 354 g/mol. The van der Waals surface area contributed by atoms with Crippen molar-refractivity contribution in [3.05, 3.63) is 70.7 Å². The van der Waals surface area contributed by atoms with E-state index in [-0.39, 0.29) is 5.91 Å². The maximum Gasteiger partial charge on any atom is 0.255 e. The average Bonchev–Trinajstić information content (AvgIpc) is 3.18. The number of rotatable bonds is 5. The summed E-state index contributed by atoms with van der Waals surface area (Å²) in [4.78, 5) is 14.9. The predicted octanol–water partition coefficient (Wildman–Crippen LogP) is 2.48. The van der Waals surface area contributed by atoms with Gasteiger partial charge in [0.25, 0.3) is 5.91 Å². The van der Waals surface area contributed by atoms with Crippen molar-refractivity contribution in [2.45, 2.75) is 39.9 Å². The highest BCUT2D eigenvalue weighted by Crippen LogP contribution is 2.15. The molecule has 4 rings (SSSR count). The monoisotopic (exact) mass is 379 g/mol. The van der Waals surface area contributed by atoms with Gasteiger partial charge >= 0.3 is 0 Å². The Kier molecular flexibility index (Phi) is 5.25. The molecule has 1 N–H and O–H groups in total. The number of nitrogens with one attached hydrogen (secondary N) is 1. The summed E-state index contributed by atoms with van der Waals surface area (Å²) in [7, 11) is 0. The standard InChI is InChI=1S/C21H25N5O2/c1-15-12-18(16(2)28-15)21(27)22-13-20-24-23-19-8-9-25(10-11-26(19)20)14-17-6-4-3-5-7-17/h3-7,12H,8-11,13-14H2,1-2H3,(H,22,27). The first kappa shape index (κ1) is 18.4. The fraction of sp³-hybridized carbons (Fsp3) is 0.381. The lowest BCUT2D eigenvalue weighted by atomic mass is 10.2. The fourth-order valence-corrected chi connectivity index (χ4v) is 3.67. The van der Waals surface area contributed by atoms with E-state index in [1.807, 2.05) is 13.0 Å². The lowest BCUT2D eigenvalue weighted by Gasteiger charge is -2.19. The smallest absolute Gasteiger partial charge is 0.255 e. The summed E-state index contributed by atoms with van der Waals surface area (Å²) in [6, 6.07) is 12.3. The number of benzene rings is 1. The molecule has 0 radical (unpaired) electrons. The first-order valence-corrected chi connectivity index (χ1v) is 9.62. The molecule has 7 nitrogen and oxygen atoms in total. The lowest BCUT2D eigenvalue weighted by molar-refractivity contribution is 0.0948. The van der Waals surface area contributed by atoms with Gasteiger partial charge in [0, 0.05) is 32.6 Å². The van der Waals surface area contributed by atoms with Crippen molar-refractivity contribution in [2.24, 2.45) is 0 Å². The van der Waals surface area contributed by atoms with Crippen LogP contribution in [0.25, 0.3) is 0 Å². The Morgan fingerprint density at radius 3 is 2.71 bits per heavy atom. The molecule has 0 aliphatic carbocycles. The van der Waals surface area contributed by atoms with Crippen LogP contribution in [0.3, 0.4) is 0 Å². The quantitative estimate of drug-likeness (QED) is 0.737. The van der Waals surface area contributed by atoms with Gasteiger partial charge in [0.2, 0.25) is 0 Å². The number of hydrogen-bond donors (Lipinski definition) is 1. The van der Waals surface area contributed by atoms with Gasteiger partial charge in [-0.2, -0.15) is 0 Å². The molecule has 0 fully saturated rings. The molecule has 146 valence electrons. The van der Waals surface area contributed by atoms with Crippen LogP contribution in [-0.2, 0) is 26.1 Å². The van der Waals surface area contributed by atoms with E-state index in [1.54, 1.807) is 13.0 Å². The van der Waals surface area contributed by atoms with Crippen LogP contribution >= 0.6 is 0 Å². The third-order valence-electron chi connectivity index (χ3n) is 5.14. The Balaban J connectivity index is 1.38. The van der Waals surface area contributed by atoms with Crippen LogP contribution in [-0.4, -0.2) is 38.7 Å². The summed E-state index contributed by atoms with van der Waals surface area (Å²) in [5, 5.41) is 11.6. The number of furan rings is 1. The van der Waals surface area contributed by atoms with E-state index in [4.69, 9.17) is 4.42 Å². The van der Waals surface area contributed by atoms with E-state index >= 15 is 0 Å². The molecule has 1 aliphatic rings. The van der Waals surface area contributed by atoms with Gasteiger partial charge in [-0.15, -0.1) is 10.2 Å². The normalized spacial score (nSPS) is 14.5. The Labute approximate surface area is 164 Å². The van der Waals surface area contributed by atoms with Gasteiger partial charge in [-0.3, -0.25) is 9.69 Å². The summed E-state index contributed by atoms with van der Waals surface area (Å²) < 4.78 is 7.58. The summed E-state index contributed by atoms with van der Waals surface area (Å²) in [5.74, 6) is 2.99. The average molecular weight is 379 g/mol. The lowest BCUT2D eigenvalue weighted by Crippen LogP contribution is -2.28. The van der Waals surface area contributed by atoms with Crippen molar-refractivity contribution in [3.63, 3.8) is 0 Å². The van der Waals surface area contributed by atoms with Crippen molar-refractivity contribution >= 4 is 5.91 Å². The van der Waals surface area contributed by atoms with Crippen LogP contribution in [0, 0.1) is 13.8 Å². The van der Waals surface area contributed by atoms with Crippen LogP contribution in [0.1, 0.15) is 39.1 Å². The zero-order valence-corrected chi connectivity index (χ0v) is 16.3. The summed E-state index contributed by atoms with van der Waals surface area (Å²) >= 11 is 0. The van der Waals surface area contributed by atoms with Gasteiger partial charge in [-0.25, -0.2) is 0 Å². The predicted molar refractivity (Wildman–Crippen MR) is 105 cm³/mol. The molecule has 3 aromatic rings. The molecule has 0 spiro atoms. The van der Waals surface area contributed by atoms with Gasteiger partial charge in [0.1, 0.15) is 17.3 Å². The molecule has 0 atom stereocenters. The molecule has 0 saturated carbocycles. The van der Waals surface area contributed by atoms with E-state index in [0.29, 0.717) is 17.9 Å². The van der Waals surface area contributed by atoms with Crippen molar-refractivity contribution in [1.29, 1.82) is 0 Å². The molecule has 1 aromatic carbocycles. The SMILES string of the molecule is Cc1cc(C(=O)NCc2nnc3n2CCN(Cc2ccccc2)CC3)c(C)o1. The van der Waals surface area contributed by atoms with E-state index in [2.05, 4.69) is 49.2 Å². The minimum Gasteiger partial charge on any atom is -0.466 e. The highest BCUT2D eigenvalue weighted by molar-refractivity contribution is 5.95. The van der Waals surface area contributed by atoms with Gasteiger partial charge in [-0.05, 0) is 25.5 Å². The number of aryl methyl sites for hydroxylation is 2. The zero-order valence-electron chi connectivity index (χ0n) is 16.3. The second kappa shape index (κ2) is 7.98. The first-order chi connectivity index (χ1) is 13.6. The van der Waals surface area contributed by atoms with Crippen molar-refractivity contribution in [1.82, 2.24) is 25.0 Å². The van der Waals surface area contributed by atoms with Crippen molar-refractivity contribution < 1.29 is 9.21 Å². The van der Waals surface area contributed by atoms with Gasteiger partial charge in [0.15, 0.2) is 5.82 Å². The van der Waals surface area contributed by atoms with Crippen molar-refractivity contribution in [3.8, 4) is 0 Å². The molecular formula is C21H25N5O2. The van der Waals surface area contributed by atoms with Crippen LogP contribution < -0.4 is 5.32 Å². The van der Waals surface area contributed by atoms with Gasteiger partial charge in [0.05, 0.1) is 12.1 Å². The second-order valence-electron chi connectivity index (χ2n) is 7.21. The zero-order chi connectivity index (χ0) is 19.5. The first-order valence-electron chi connectivity index (χ1n) is 9.62. The minimum absolute atomic E-state index is 0.147. The number of nitrogens with zero attached hydrogens (tertiary/aromatic N) is 4. The molecule has 3 heterocycles. The Morgan fingerprint density at radius 2 is 1.96 bits per heavy atom. The van der Waals surface area contributed by atoms with Gasteiger partial charge in [-0.1, -0.05) is 30.3 Å². The Hall–Kier alpha value is -2.93. The van der Waals surface area contributed by atoms with E-state index in [1.165, 1.54) is 5.56 Å². The number of aromatic nitrogens is 3. The van der Waals surface area contributed by atoms with Crippen molar-refractivity contribution in [2.75, 3.05) is 13.1 Å². The minimum atomic E-state index is -0.147. The number of hydrogen-bond acceptors (Lipinski definition) is 5. The Bertz CT molecular complexity index is 961. The number of fused-ring (bicyclic) bond motifs is 1. The molecule has 0 saturated heterocycles. The largest absolute Gasteiger partial charge is 0.466 e. The number of carbonyl (C=O) groups is 1. The molecule has 28 heavy (non-hydrogen) atoms. The van der Waals surface area contributed by atoms with Crippen LogP contribution in [0.5, 0.6) is 0 Å². The molecule has 7 heteroatoms. The topological polar surface area (TPSA) is 76.2 Å². The molecule has 0 bridgehead atoms. The van der Waals surface area contributed by atoms with Crippen LogP contribution in [0.4, 0.5) is 0 Å². The molecule has 2 aromatic heterocycles. The van der Waals surface area contributed by atoms with E-state index in [9.17, 15) is 4.79 Å². The maximum absolute atomic E-state index is 12.4. The second-order valence-corrected chi connectivity index (χ2v) is 7.21. The fourth-order valence-electron chi connectivity index (χ4n) is 3.67. The molecule has 1 amide bonds. The highest BCUT2D eigenvalue weighted by Gasteiger charge is 2.20. The van der Waals surface area contributed by atoms with Crippen LogP contribution in [0.15, 0.2) is 40.8 Å². The van der Waals surface area contributed by atoms with E-state index in [0.717, 1.165) is 50.0 Å². The van der Waals surface area contributed by atoms with E-state index < -0.39 is 0 Å². The third kappa shape index (κ3) is 3.99. The summed E-state index contributed by atoms with van der Waals surface area (Å²) in [5.41, 5.74) is 1.89.